The second-order valence-corrected chi connectivity index (χ2v) is 4.77. The van der Waals surface area contributed by atoms with Crippen LogP contribution in [0.1, 0.15) is 27.7 Å². The van der Waals surface area contributed by atoms with E-state index in [2.05, 4.69) is 37.7 Å². The van der Waals surface area contributed by atoms with E-state index in [1.54, 1.807) is 0 Å². The highest BCUT2D eigenvalue weighted by Gasteiger charge is 2.28. The zero-order chi connectivity index (χ0) is 12.1. The lowest BCUT2D eigenvalue weighted by molar-refractivity contribution is -0.323. The molecule has 1 unspecified atom stereocenters. The van der Waals surface area contributed by atoms with Crippen LogP contribution in [0.25, 0.3) is 0 Å². The summed E-state index contributed by atoms with van der Waals surface area (Å²) in [4.78, 5) is 0. The highest BCUT2D eigenvalue weighted by Crippen LogP contribution is 2.24. The maximum absolute atomic E-state index is 11.6. The molecule has 0 aromatic carbocycles. The largest absolute Gasteiger partial charge is 0.522 e. The molecule has 0 rings (SSSR count). The minimum Gasteiger partial charge on any atom is -0.314 e. The molecule has 2 nitrogen and oxygen atoms in total. The number of hydrogen-bond acceptors (Lipinski definition) is 2. The van der Waals surface area contributed by atoms with Gasteiger partial charge in [0.05, 0.1) is 6.61 Å². The van der Waals surface area contributed by atoms with E-state index in [0.29, 0.717) is 12.5 Å². The fourth-order valence-electron chi connectivity index (χ4n) is 0.864. The summed E-state index contributed by atoms with van der Waals surface area (Å²) in [6.45, 7) is 8.96. The Labute approximate surface area is 89.2 Å². The summed E-state index contributed by atoms with van der Waals surface area (Å²) in [6.07, 6.45) is -4.52. The molecule has 1 N–H and O–H groups in total. The van der Waals surface area contributed by atoms with Gasteiger partial charge in [0.1, 0.15) is 0 Å². The van der Waals surface area contributed by atoms with E-state index in [0.717, 1.165) is 0 Å². The molecule has 92 valence electrons. The van der Waals surface area contributed by atoms with Crippen LogP contribution in [0.2, 0.25) is 0 Å². The minimum atomic E-state index is -4.52. The minimum absolute atomic E-state index is 0.165. The van der Waals surface area contributed by atoms with Crippen molar-refractivity contribution in [1.29, 1.82) is 0 Å². The van der Waals surface area contributed by atoms with Gasteiger partial charge >= 0.3 is 6.36 Å². The van der Waals surface area contributed by atoms with Crippen LogP contribution < -0.4 is 5.32 Å². The molecule has 0 amide bonds. The first kappa shape index (κ1) is 14.7. The number of nitrogens with one attached hydrogen (secondary N) is 1. The number of alkyl halides is 3. The second-order valence-electron chi connectivity index (χ2n) is 4.77. The van der Waals surface area contributed by atoms with Gasteiger partial charge in [-0.1, -0.05) is 27.7 Å². The van der Waals surface area contributed by atoms with Gasteiger partial charge in [0.15, 0.2) is 0 Å². The van der Waals surface area contributed by atoms with Gasteiger partial charge in [-0.25, -0.2) is 0 Å². The highest BCUT2D eigenvalue weighted by atomic mass is 19.4. The molecule has 1 atom stereocenters. The number of hydrogen-bond donors (Lipinski definition) is 1. The van der Waals surface area contributed by atoms with Crippen molar-refractivity contribution >= 4 is 0 Å². The Morgan fingerprint density at radius 2 is 1.73 bits per heavy atom. The third-order valence-corrected chi connectivity index (χ3v) is 2.47. The van der Waals surface area contributed by atoms with E-state index in [9.17, 15) is 13.2 Å². The van der Waals surface area contributed by atoms with E-state index in [1.165, 1.54) is 0 Å². The molecule has 0 aliphatic carbocycles. The molecule has 0 heterocycles. The van der Waals surface area contributed by atoms with Gasteiger partial charge in [-0.3, -0.25) is 4.74 Å². The van der Waals surface area contributed by atoms with Crippen molar-refractivity contribution in [3.8, 4) is 0 Å². The molecular weight excluding hydrogens is 207 g/mol. The topological polar surface area (TPSA) is 21.3 Å². The summed E-state index contributed by atoms with van der Waals surface area (Å²) in [5, 5.41) is 2.94. The Hall–Kier alpha value is -0.290. The molecular formula is C10H20F3NO. The molecule has 0 saturated carbocycles. The van der Waals surface area contributed by atoms with Gasteiger partial charge in [0, 0.05) is 6.54 Å². The summed E-state index contributed by atoms with van der Waals surface area (Å²) in [7, 11) is 0. The van der Waals surface area contributed by atoms with Crippen molar-refractivity contribution in [3.05, 3.63) is 0 Å². The van der Waals surface area contributed by atoms with E-state index in [-0.39, 0.29) is 18.6 Å². The Kier molecular flexibility index (Phi) is 5.59. The lowest BCUT2D eigenvalue weighted by Crippen LogP contribution is -2.32. The number of ether oxygens (including phenoxy) is 1. The normalized spacial score (nSPS) is 15.4. The van der Waals surface area contributed by atoms with Gasteiger partial charge in [-0.15, -0.1) is 13.2 Å². The summed E-state index contributed by atoms with van der Waals surface area (Å²) in [6, 6.07) is 0. The first-order valence-electron chi connectivity index (χ1n) is 5.04. The maximum Gasteiger partial charge on any atom is 0.522 e. The standard InChI is InChI=1S/C10H20F3NO/c1-8(9(2,3)4)7-14-5-6-15-10(11,12)13/h8,14H,5-7H2,1-4H3. The molecule has 0 spiro atoms. The summed E-state index contributed by atoms with van der Waals surface area (Å²) >= 11 is 0. The molecule has 0 aliphatic heterocycles. The van der Waals surface area contributed by atoms with E-state index >= 15 is 0 Å². The predicted molar refractivity (Wildman–Crippen MR) is 53.5 cm³/mol. The van der Waals surface area contributed by atoms with Crippen molar-refractivity contribution in [2.24, 2.45) is 11.3 Å². The van der Waals surface area contributed by atoms with E-state index < -0.39 is 6.36 Å². The quantitative estimate of drug-likeness (QED) is 0.729. The van der Waals surface area contributed by atoms with E-state index in [4.69, 9.17) is 0 Å². The van der Waals surface area contributed by atoms with Gasteiger partial charge < -0.3 is 5.32 Å². The van der Waals surface area contributed by atoms with Crippen molar-refractivity contribution in [1.82, 2.24) is 5.32 Å². The SMILES string of the molecule is CC(CNCCOC(F)(F)F)C(C)(C)C. The van der Waals surface area contributed by atoms with Crippen LogP contribution in [-0.2, 0) is 4.74 Å². The first-order valence-corrected chi connectivity index (χ1v) is 5.04. The monoisotopic (exact) mass is 227 g/mol. The van der Waals surface area contributed by atoms with E-state index in [1.807, 2.05) is 0 Å². The molecule has 0 fully saturated rings. The second kappa shape index (κ2) is 5.70. The summed E-state index contributed by atoms with van der Waals surface area (Å²) in [5.41, 5.74) is 0.165. The molecule has 5 heteroatoms. The highest BCUT2D eigenvalue weighted by molar-refractivity contribution is 4.71. The molecule has 0 bridgehead atoms. The third kappa shape index (κ3) is 8.69. The van der Waals surface area contributed by atoms with Gasteiger partial charge in [0.2, 0.25) is 0 Å². The molecule has 0 radical (unpaired) electrons. The average molecular weight is 227 g/mol. The summed E-state index contributed by atoms with van der Waals surface area (Å²) in [5.74, 6) is 0.406. The Morgan fingerprint density at radius 3 is 2.13 bits per heavy atom. The van der Waals surface area contributed by atoms with Crippen molar-refractivity contribution < 1.29 is 17.9 Å². The molecule has 15 heavy (non-hydrogen) atoms. The van der Waals surface area contributed by atoms with Crippen LogP contribution >= 0.6 is 0 Å². The lowest BCUT2D eigenvalue weighted by Gasteiger charge is -2.27. The number of rotatable bonds is 5. The van der Waals surface area contributed by atoms with Crippen molar-refractivity contribution in [2.75, 3.05) is 19.7 Å². The smallest absolute Gasteiger partial charge is 0.314 e. The molecule has 0 saturated heterocycles. The van der Waals surface area contributed by atoms with Crippen LogP contribution in [0.3, 0.4) is 0 Å². The summed E-state index contributed by atoms with van der Waals surface area (Å²) < 4.78 is 38.4. The Bertz CT molecular complexity index is 174. The van der Waals surface area contributed by atoms with Gasteiger partial charge in [-0.05, 0) is 17.9 Å². The Balaban J connectivity index is 3.48. The third-order valence-electron chi connectivity index (χ3n) is 2.47. The zero-order valence-electron chi connectivity index (χ0n) is 9.74. The number of halogens is 3. The lowest BCUT2D eigenvalue weighted by atomic mass is 9.82. The molecule has 0 aromatic heterocycles. The average Bonchev–Trinajstić information content (AvgIpc) is 1.99. The Morgan fingerprint density at radius 1 is 1.20 bits per heavy atom. The maximum atomic E-state index is 11.6. The van der Waals surface area contributed by atoms with Crippen molar-refractivity contribution in [3.63, 3.8) is 0 Å². The molecule has 0 aliphatic rings. The van der Waals surface area contributed by atoms with Crippen molar-refractivity contribution in [2.45, 2.75) is 34.1 Å². The first-order chi connectivity index (χ1) is 6.63. The van der Waals surface area contributed by atoms with Crippen LogP contribution in [0, 0.1) is 11.3 Å². The van der Waals surface area contributed by atoms with Crippen LogP contribution in [0.15, 0.2) is 0 Å². The fourth-order valence-corrected chi connectivity index (χ4v) is 0.864. The van der Waals surface area contributed by atoms with Crippen LogP contribution in [0.4, 0.5) is 13.2 Å². The van der Waals surface area contributed by atoms with Crippen LogP contribution in [0.5, 0.6) is 0 Å². The zero-order valence-corrected chi connectivity index (χ0v) is 9.74. The predicted octanol–water partition coefficient (Wildman–Crippen LogP) is 2.79. The van der Waals surface area contributed by atoms with Crippen LogP contribution in [-0.4, -0.2) is 26.1 Å². The van der Waals surface area contributed by atoms with Gasteiger partial charge in [-0.2, -0.15) is 0 Å². The molecule has 0 aromatic rings. The fraction of sp³-hybridized carbons (Fsp3) is 1.00. The van der Waals surface area contributed by atoms with Gasteiger partial charge in [0.25, 0.3) is 0 Å².